The van der Waals surface area contributed by atoms with Gasteiger partial charge in [0, 0.05) is 19.5 Å². The monoisotopic (exact) mass is 543 g/mol. The number of alkyl halides is 2. The summed E-state index contributed by atoms with van der Waals surface area (Å²) >= 11 is 0. The van der Waals surface area contributed by atoms with Crippen LogP contribution in [0.5, 0.6) is 0 Å². The average molecular weight is 544 g/mol. The number of rotatable bonds is 8. The molecule has 39 heavy (non-hydrogen) atoms. The first-order chi connectivity index (χ1) is 18.4. The molecule has 4 rings (SSSR count). The number of ether oxygens (including phenoxy) is 1. The molecule has 1 aliphatic rings. The second-order valence-electron chi connectivity index (χ2n) is 10.1. The number of aryl methyl sites for hydroxylation is 3. The van der Waals surface area contributed by atoms with E-state index in [1.807, 2.05) is 50.2 Å². The van der Waals surface area contributed by atoms with Crippen LogP contribution >= 0.6 is 0 Å². The molecule has 0 aliphatic carbocycles. The summed E-state index contributed by atoms with van der Waals surface area (Å²) in [6.45, 7) is 7.40. The molecule has 5 nitrogen and oxygen atoms in total. The van der Waals surface area contributed by atoms with Crippen molar-refractivity contribution in [2.45, 2.75) is 52.2 Å². The molecule has 3 aromatic carbocycles. The van der Waals surface area contributed by atoms with Crippen molar-refractivity contribution in [1.82, 2.24) is 4.90 Å². The van der Waals surface area contributed by atoms with E-state index >= 15 is 0 Å². The van der Waals surface area contributed by atoms with Gasteiger partial charge >= 0.3 is 5.97 Å². The van der Waals surface area contributed by atoms with Gasteiger partial charge in [-0.3, -0.25) is 4.90 Å². The van der Waals surface area contributed by atoms with Gasteiger partial charge in [0.05, 0.1) is 30.9 Å². The lowest BCUT2D eigenvalue weighted by molar-refractivity contribution is -0.0225. The summed E-state index contributed by atoms with van der Waals surface area (Å²) in [4.78, 5) is 12.8. The quantitative estimate of drug-likeness (QED) is 0.336. The predicted molar refractivity (Wildman–Crippen MR) is 146 cm³/mol. The molecule has 2 N–H and O–H groups in total. The standard InChI is InChI=1S/C23H27F2NO4.C8H9F/c1-15-11-17(7-8-19(15)22(28)29)21-6-4-3-5-20(21)16(2)30-13-18(27)12-26-10-9-23(24,25)14-26;1-6-3-4-7(2)8(9)5-6/h3-8,11,16,18,27H,9-10,12-14H2,1-2H3,(H,28,29);3-5H,1-2H3. The zero-order chi connectivity index (χ0) is 28.7. The Kier molecular flexibility index (Phi) is 10.3. The van der Waals surface area contributed by atoms with E-state index in [0.29, 0.717) is 11.1 Å². The van der Waals surface area contributed by atoms with Gasteiger partial charge in [0.15, 0.2) is 0 Å². The number of β-amino-alcohol motifs (C(OH)–C–C–N with tert-alkyl or cyclic N) is 1. The van der Waals surface area contributed by atoms with Crippen LogP contribution < -0.4 is 0 Å². The van der Waals surface area contributed by atoms with Crippen LogP contribution in [-0.2, 0) is 4.74 Å². The third-order valence-corrected chi connectivity index (χ3v) is 6.75. The third-order valence-electron chi connectivity index (χ3n) is 6.75. The Morgan fingerprint density at radius 1 is 1.05 bits per heavy atom. The van der Waals surface area contributed by atoms with Gasteiger partial charge in [0.1, 0.15) is 5.82 Å². The minimum atomic E-state index is -2.68. The van der Waals surface area contributed by atoms with Gasteiger partial charge in [-0.25, -0.2) is 18.0 Å². The van der Waals surface area contributed by atoms with Crippen LogP contribution in [0.15, 0.2) is 60.7 Å². The first-order valence-corrected chi connectivity index (χ1v) is 12.9. The van der Waals surface area contributed by atoms with E-state index in [1.165, 1.54) is 6.07 Å². The van der Waals surface area contributed by atoms with Crippen LogP contribution in [0.25, 0.3) is 11.1 Å². The molecule has 0 spiro atoms. The second-order valence-corrected chi connectivity index (χ2v) is 10.1. The molecule has 2 unspecified atom stereocenters. The summed E-state index contributed by atoms with van der Waals surface area (Å²) in [7, 11) is 0. The van der Waals surface area contributed by atoms with E-state index in [1.54, 1.807) is 36.9 Å². The average Bonchev–Trinajstić information content (AvgIpc) is 3.22. The van der Waals surface area contributed by atoms with E-state index in [4.69, 9.17) is 4.74 Å². The Morgan fingerprint density at radius 3 is 2.36 bits per heavy atom. The highest BCUT2D eigenvalue weighted by molar-refractivity contribution is 5.90. The van der Waals surface area contributed by atoms with Crippen LogP contribution in [0.3, 0.4) is 0 Å². The van der Waals surface area contributed by atoms with Crippen molar-refractivity contribution in [2.75, 3.05) is 26.2 Å². The Labute approximate surface area is 227 Å². The van der Waals surface area contributed by atoms with Crippen molar-refractivity contribution in [1.29, 1.82) is 0 Å². The first kappa shape index (κ1) is 30.3. The van der Waals surface area contributed by atoms with Gasteiger partial charge in [-0.15, -0.1) is 0 Å². The number of carbonyl (C=O) groups is 1. The van der Waals surface area contributed by atoms with Crippen LogP contribution in [0.2, 0.25) is 0 Å². The number of benzene rings is 3. The fourth-order valence-corrected chi connectivity index (χ4v) is 4.54. The Hall–Kier alpha value is -3.20. The summed E-state index contributed by atoms with van der Waals surface area (Å²) in [5.41, 5.74) is 5.30. The summed E-state index contributed by atoms with van der Waals surface area (Å²) in [5.74, 6) is -3.76. The minimum Gasteiger partial charge on any atom is -0.478 e. The normalized spacial score (nSPS) is 16.3. The van der Waals surface area contributed by atoms with Crippen molar-refractivity contribution < 1.29 is 32.9 Å². The van der Waals surface area contributed by atoms with Gasteiger partial charge in [0.2, 0.25) is 0 Å². The second kappa shape index (κ2) is 13.2. The number of likely N-dealkylation sites (tertiary alicyclic amines) is 1. The van der Waals surface area contributed by atoms with Crippen molar-refractivity contribution >= 4 is 5.97 Å². The number of hydrogen-bond donors (Lipinski definition) is 2. The van der Waals surface area contributed by atoms with Gasteiger partial charge in [-0.05, 0) is 73.2 Å². The summed E-state index contributed by atoms with van der Waals surface area (Å²) in [6.07, 6.45) is -1.37. The lowest BCUT2D eigenvalue weighted by Gasteiger charge is -2.23. The topological polar surface area (TPSA) is 70.0 Å². The number of nitrogens with zero attached hydrogens (tertiary/aromatic N) is 1. The highest BCUT2D eigenvalue weighted by Gasteiger charge is 2.38. The number of aliphatic hydroxyl groups excluding tert-OH is 1. The predicted octanol–water partition coefficient (Wildman–Crippen LogP) is 6.58. The number of halogens is 3. The van der Waals surface area contributed by atoms with E-state index in [9.17, 15) is 28.2 Å². The largest absolute Gasteiger partial charge is 0.478 e. The van der Waals surface area contributed by atoms with Crippen molar-refractivity contribution in [3.63, 3.8) is 0 Å². The molecule has 1 fully saturated rings. The van der Waals surface area contributed by atoms with E-state index in [0.717, 1.165) is 22.3 Å². The Balaban J connectivity index is 0.000000395. The number of aliphatic hydroxyl groups is 1. The zero-order valence-electron chi connectivity index (χ0n) is 22.8. The summed E-state index contributed by atoms with van der Waals surface area (Å²) < 4.78 is 45.0. The molecule has 1 saturated heterocycles. The molecular weight excluding hydrogens is 507 g/mol. The SMILES string of the molecule is Cc1cc(-c2ccccc2C(C)OCC(O)CN2CCC(F)(F)C2)ccc1C(=O)O.Cc1ccc(C)c(F)c1. The number of hydrogen-bond acceptors (Lipinski definition) is 4. The van der Waals surface area contributed by atoms with Crippen molar-refractivity contribution in [2.24, 2.45) is 0 Å². The Morgan fingerprint density at radius 2 is 1.77 bits per heavy atom. The fraction of sp³-hybridized carbons (Fsp3) is 0.387. The van der Waals surface area contributed by atoms with Crippen molar-refractivity contribution in [3.05, 3.63) is 94.3 Å². The molecule has 0 aromatic heterocycles. The lowest BCUT2D eigenvalue weighted by Crippen LogP contribution is -2.35. The van der Waals surface area contributed by atoms with Gasteiger partial charge in [-0.1, -0.05) is 48.5 Å². The van der Waals surface area contributed by atoms with Crippen LogP contribution in [0.1, 0.15) is 52.1 Å². The molecule has 2 atom stereocenters. The molecule has 3 aromatic rings. The van der Waals surface area contributed by atoms with E-state index in [2.05, 4.69) is 0 Å². The number of carboxylic acid groups (broad SMARTS) is 1. The third kappa shape index (κ3) is 8.65. The molecule has 0 bridgehead atoms. The molecule has 0 amide bonds. The van der Waals surface area contributed by atoms with E-state index < -0.39 is 18.0 Å². The molecule has 0 saturated carbocycles. The Bertz CT molecular complexity index is 1280. The first-order valence-electron chi connectivity index (χ1n) is 12.9. The maximum atomic E-state index is 13.3. The molecule has 1 aliphatic heterocycles. The van der Waals surface area contributed by atoms with Crippen molar-refractivity contribution in [3.8, 4) is 11.1 Å². The zero-order valence-corrected chi connectivity index (χ0v) is 22.8. The maximum absolute atomic E-state index is 13.3. The number of carboxylic acids is 1. The van der Waals surface area contributed by atoms with E-state index in [-0.39, 0.29) is 50.1 Å². The highest BCUT2D eigenvalue weighted by atomic mass is 19.3. The fourth-order valence-electron chi connectivity index (χ4n) is 4.54. The molecule has 0 radical (unpaired) electrons. The maximum Gasteiger partial charge on any atom is 0.335 e. The van der Waals surface area contributed by atoms with Crippen LogP contribution in [-0.4, -0.2) is 59.3 Å². The highest BCUT2D eigenvalue weighted by Crippen LogP contribution is 2.31. The smallest absolute Gasteiger partial charge is 0.335 e. The summed E-state index contributed by atoms with van der Waals surface area (Å²) in [5, 5.41) is 19.4. The van der Waals surface area contributed by atoms with Gasteiger partial charge < -0.3 is 14.9 Å². The lowest BCUT2D eigenvalue weighted by atomic mass is 9.94. The van der Waals surface area contributed by atoms with Gasteiger partial charge in [0.25, 0.3) is 5.92 Å². The summed E-state index contributed by atoms with van der Waals surface area (Å²) in [6, 6.07) is 18.1. The molecule has 210 valence electrons. The van der Waals surface area contributed by atoms with Gasteiger partial charge in [-0.2, -0.15) is 0 Å². The molecule has 8 heteroatoms. The molecular formula is C31H36F3NO4. The minimum absolute atomic E-state index is 0.0363. The molecule has 1 heterocycles. The van der Waals surface area contributed by atoms with Crippen LogP contribution in [0.4, 0.5) is 13.2 Å². The number of aromatic carboxylic acids is 1. The van der Waals surface area contributed by atoms with Crippen LogP contribution in [0, 0.1) is 26.6 Å².